The molecule has 0 N–H and O–H groups in total. The van der Waals surface area contributed by atoms with Crippen molar-refractivity contribution in [3.63, 3.8) is 0 Å². The van der Waals surface area contributed by atoms with E-state index in [0.29, 0.717) is 18.7 Å². The van der Waals surface area contributed by atoms with Gasteiger partial charge in [0.2, 0.25) is 5.91 Å². The number of carbonyl (C=O) groups is 1. The number of nitrogens with zero attached hydrogens (tertiary/aromatic N) is 1. The molecule has 0 bridgehead atoms. The summed E-state index contributed by atoms with van der Waals surface area (Å²) in [4.78, 5) is 13.4. The Labute approximate surface area is 116 Å². The fraction of sp³-hybridized carbons (Fsp3) is 0.533. The van der Waals surface area contributed by atoms with E-state index in [1.165, 1.54) is 5.56 Å². The second kappa shape index (κ2) is 6.28. The van der Waals surface area contributed by atoms with Gasteiger partial charge in [-0.1, -0.05) is 45.0 Å². The van der Waals surface area contributed by atoms with Crippen molar-refractivity contribution >= 4 is 18.5 Å². The van der Waals surface area contributed by atoms with Gasteiger partial charge in [-0.05, 0) is 22.3 Å². The monoisotopic (exact) mass is 265 g/mol. The van der Waals surface area contributed by atoms with Gasteiger partial charge in [-0.3, -0.25) is 4.79 Å². The maximum Gasteiger partial charge on any atom is 0.223 e. The predicted octanol–water partition coefficient (Wildman–Crippen LogP) is 3.26. The lowest BCUT2D eigenvalue weighted by atomic mass is 9.87. The molecule has 0 atom stereocenters. The van der Waals surface area contributed by atoms with Crippen molar-refractivity contribution in [3.05, 3.63) is 35.4 Å². The number of amides is 1. The molecule has 0 spiro atoms. The van der Waals surface area contributed by atoms with Crippen LogP contribution in [0.3, 0.4) is 0 Å². The summed E-state index contributed by atoms with van der Waals surface area (Å²) in [5.41, 5.74) is 2.65. The first-order valence-corrected chi connectivity index (χ1v) is 6.92. The molecule has 2 nitrogen and oxygen atoms in total. The standard InChI is InChI=1S/C15H23NOS/c1-15(2,3)13-7-5-12(6-8-13)11-16(4)14(17)9-10-18/h5-8,18H,9-11H2,1-4H3. The van der Waals surface area contributed by atoms with Crippen LogP contribution in [0.4, 0.5) is 0 Å². The zero-order valence-corrected chi connectivity index (χ0v) is 12.6. The summed E-state index contributed by atoms with van der Waals surface area (Å²) in [6, 6.07) is 8.49. The van der Waals surface area contributed by atoms with Crippen LogP contribution in [0.5, 0.6) is 0 Å². The van der Waals surface area contributed by atoms with Crippen molar-refractivity contribution in [1.82, 2.24) is 4.90 Å². The first-order chi connectivity index (χ1) is 8.34. The molecule has 0 heterocycles. The Hall–Kier alpha value is -0.960. The second-order valence-electron chi connectivity index (χ2n) is 5.67. The van der Waals surface area contributed by atoms with Crippen LogP contribution in [0.1, 0.15) is 38.3 Å². The normalized spacial score (nSPS) is 11.4. The zero-order valence-electron chi connectivity index (χ0n) is 11.7. The van der Waals surface area contributed by atoms with E-state index in [4.69, 9.17) is 0 Å². The van der Waals surface area contributed by atoms with Crippen LogP contribution in [0.2, 0.25) is 0 Å². The summed E-state index contributed by atoms with van der Waals surface area (Å²) in [5, 5.41) is 0. The molecule has 0 unspecified atom stereocenters. The van der Waals surface area contributed by atoms with E-state index in [1.54, 1.807) is 4.90 Å². The van der Waals surface area contributed by atoms with E-state index in [0.717, 1.165) is 5.56 Å². The molecule has 100 valence electrons. The van der Waals surface area contributed by atoms with Gasteiger partial charge in [0.05, 0.1) is 0 Å². The highest BCUT2D eigenvalue weighted by Gasteiger charge is 2.13. The Morgan fingerprint density at radius 3 is 2.22 bits per heavy atom. The summed E-state index contributed by atoms with van der Waals surface area (Å²) in [6.45, 7) is 7.26. The summed E-state index contributed by atoms with van der Waals surface area (Å²) in [7, 11) is 1.84. The zero-order chi connectivity index (χ0) is 13.8. The lowest BCUT2D eigenvalue weighted by Gasteiger charge is -2.20. The van der Waals surface area contributed by atoms with E-state index < -0.39 is 0 Å². The summed E-state index contributed by atoms with van der Waals surface area (Å²) >= 11 is 4.08. The first kappa shape index (κ1) is 15.1. The number of hydrogen-bond donors (Lipinski definition) is 1. The van der Waals surface area contributed by atoms with Gasteiger partial charge < -0.3 is 4.90 Å². The molecule has 1 rings (SSSR count). The van der Waals surface area contributed by atoms with Crippen molar-refractivity contribution in [2.45, 2.75) is 39.2 Å². The summed E-state index contributed by atoms with van der Waals surface area (Å²) < 4.78 is 0. The number of carbonyl (C=O) groups excluding carboxylic acids is 1. The molecule has 0 aromatic heterocycles. The van der Waals surface area contributed by atoms with Crippen molar-refractivity contribution in [2.24, 2.45) is 0 Å². The van der Waals surface area contributed by atoms with Gasteiger partial charge in [0.25, 0.3) is 0 Å². The van der Waals surface area contributed by atoms with E-state index in [1.807, 2.05) is 7.05 Å². The molecular formula is C15H23NOS. The van der Waals surface area contributed by atoms with E-state index in [9.17, 15) is 4.79 Å². The number of thiol groups is 1. The van der Waals surface area contributed by atoms with E-state index in [2.05, 4.69) is 57.7 Å². The predicted molar refractivity (Wildman–Crippen MR) is 80.1 cm³/mol. The minimum absolute atomic E-state index is 0.143. The van der Waals surface area contributed by atoms with Crippen molar-refractivity contribution in [1.29, 1.82) is 0 Å². The Morgan fingerprint density at radius 1 is 1.22 bits per heavy atom. The van der Waals surface area contributed by atoms with Crippen molar-refractivity contribution in [3.8, 4) is 0 Å². The Kier molecular flexibility index (Phi) is 5.27. The van der Waals surface area contributed by atoms with Crippen LogP contribution < -0.4 is 0 Å². The number of rotatable bonds is 4. The maximum atomic E-state index is 11.7. The smallest absolute Gasteiger partial charge is 0.223 e. The molecule has 18 heavy (non-hydrogen) atoms. The van der Waals surface area contributed by atoms with Crippen LogP contribution in [0.15, 0.2) is 24.3 Å². The van der Waals surface area contributed by atoms with Gasteiger partial charge >= 0.3 is 0 Å². The van der Waals surface area contributed by atoms with Gasteiger partial charge in [0, 0.05) is 20.0 Å². The quantitative estimate of drug-likeness (QED) is 0.829. The van der Waals surface area contributed by atoms with Crippen LogP contribution >= 0.6 is 12.6 Å². The number of hydrogen-bond acceptors (Lipinski definition) is 2. The molecule has 0 aliphatic carbocycles. The Bertz CT molecular complexity index is 392. The average Bonchev–Trinajstić information content (AvgIpc) is 2.28. The summed E-state index contributed by atoms with van der Waals surface area (Å²) in [5.74, 6) is 0.747. The largest absolute Gasteiger partial charge is 0.341 e. The van der Waals surface area contributed by atoms with Crippen LogP contribution in [0, 0.1) is 0 Å². The van der Waals surface area contributed by atoms with Crippen LogP contribution in [-0.2, 0) is 16.8 Å². The highest BCUT2D eigenvalue weighted by atomic mass is 32.1. The minimum Gasteiger partial charge on any atom is -0.341 e. The molecule has 1 amide bonds. The lowest BCUT2D eigenvalue weighted by molar-refractivity contribution is -0.129. The van der Waals surface area contributed by atoms with Crippen LogP contribution in [-0.4, -0.2) is 23.6 Å². The van der Waals surface area contributed by atoms with Crippen molar-refractivity contribution in [2.75, 3.05) is 12.8 Å². The fourth-order valence-electron chi connectivity index (χ4n) is 1.76. The summed E-state index contributed by atoms with van der Waals surface area (Å²) in [6.07, 6.45) is 0.500. The van der Waals surface area contributed by atoms with Gasteiger partial charge in [-0.15, -0.1) is 0 Å². The third-order valence-corrected chi connectivity index (χ3v) is 3.21. The highest BCUT2D eigenvalue weighted by molar-refractivity contribution is 7.80. The average molecular weight is 265 g/mol. The van der Waals surface area contributed by atoms with E-state index >= 15 is 0 Å². The first-order valence-electron chi connectivity index (χ1n) is 6.29. The molecule has 0 radical (unpaired) electrons. The SMILES string of the molecule is CN(Cc1ccc(C(C)(C)C)cc1)C(=O)CCS. The van der Waals surface area contributed by atoms with Gasteiger partial charge in [0.1, 0.15) is 0 Å². The van der Waals surface area contributed by atoms with Crippen LogP contribution in [0.25, 0.3) is 0 Å². The van der Waals surface area contributed by atoms with Gasteiger partial charge in [-0.2, -0.15) is 12.6 Å². The highest BCUT2D eigenvalue weighted by Crippen LogP contribution is 2.22. The molecule has 3 heteroatoms. The van der Waals surface area contributed by atoms with E-state index in [-0.39, 0.29) is 11.3 Å². The van der Waals surface area contributed by atoms with Gasteiger partial charge in [-0.25, -0.2) is 0 Å². The third-order valence-electron chi connectivity index (χ3n) is 2.99. The molecule has 0 aliphatic rings. The van der Waals surface area contributed by atoms with Crippen molar-refractivity contribution < 1.29 is 4.79 Å². The maximum absolute atomic E-state index is 11.7. The minimum atomic E-state index is 0.143. The molecule has 1 aromatic carbocycles. The Morgan fingerprint density at radius 2 is 1.78 bits per heavy atom. The lowest BCUT2D eigenvalue weighted by Crippen LogP contribution is -2.26. The molecular weight excluding hydrogens is 242 g/mol. The molecule has 0 saturated heterocycles. The second-order valence-corrected chi connectivity index (χ2v) is 6.12. The Balaban J connectivity index is 2.67. The number of benzene rings is 1. The fourth-order valence-corrected chi connectivity index (χ4v) is 1.95. The molecule has 1 aromatic rings. The molecule has 0 fully saturated rings. The van der Waals surface area contributed by atoms with Gasteiger partial charge in [0.15, 0.2) is 0 Å². The molecule has 0 aliphatic heterocycles. The topological polar surface area (TPSA) is 20.3 Å². The molecule has 0 saturated carbocycles. The third kappa shape index (κ3) is 4.37.